The van der Waals surface area contributed by atoms with E-state index in [0.717, 1.165) is 17.7 Å². The van der Waals surface area contributed by atoms with Gasteiger partial charge in [-0.15, -0.1) is 0 Å². The van der Waals surface area contributed by atoms with Gasteiger partial charge in [-0.2, -0.15) is 13.2 Å². The molecule has 74 valence electrons. The van der Waals surface area contributed by atoms with Crippen molar-refractivity contribution in [2.45, 2.75) is 12.6 Å². The molecule has 0 aliphatic carbocycles. The number of fused-ring (bicyclic) bond motifs is 1. The first-order valence-electron chi connectivity index (χ1n) is 4.05. The summed E-state index contributed by atoms with van der Waals surface area (Å²) in [4.78, 5) is 2.70. The van der Waals surface area contributed by atoms with E-state index >= 15 is 0 Å². The van der Waals surface area contributed by atoms with Gasteiger partial charge in [0.1, 0.15) is 5.69 Å². The third kappa shape index (κ3) is 1.45. The number of hydrogen-bond acceptors (Lipinski definition) is 1. The molecule has 2 rings (SSSR count). The monoisotopic (exact) mass is 201 g/mol. The van der Waals surface area contributed by atoms with Crippen molar-refractivity contribution in [1.29, 1.82) is 0 Å². The highest BCUT2D eigenvalue weighted by Gasteiger charge is 2.32. The molecule has 0 fully saturated rings. The van der Waals surface area contributed by atoms with E-state index in [-0.39, 0.29) is 0 Å². The van der Waals surface area contributed by atoms with Crippen LogP contribution in [0.2, 0.25) is 0 Å². The van der Waals surface area contributed by atoms with Crippen LogP contribution in [0.5, 0.6) is 0 Å². The fourth-order valence-corrected chi connectivity index (χ4v) is 1.45. The molecule has 0 bridgehead atoms. The minimum atomic E-state index is -4.30. The fraction of sp³-hybridized carbons (Fsp3) is 0.222. The first-order chi connectivity index (χ1) is 6.47. The molecule has 1 heterocycles. The van der Waals surface area contributed by atoms with Crippen molar-refractivity contribution >= 4 is 11.5 Å². The van der Waals surface area contributed by atoms with Gasteiger partial charge in [0.25, 0.3) is 0 Å². The van der Waals surface area contributed by atoms with E-state index in [9.17, 15) is 13.2 Å². The van der Waals surface area contributed by atoms with E-state index in [1.54, 1.807) is 0 Å². The molecule has 0 spiro atoms. The van der Waals surface area contributed by atoms with Gasteiger partial charge in [0, 0.05) is 5.56 Å². The van der Waals surface area contributed by atoms with E-state index in [2.05, 4.69) is 4.99 Å². The Morgan fingerprint density at radius 3 is 2.64 bits per heavy atom. The van der Waals surface area contributed by atoms with Gasteiger partial charge in [0.05, 0.1) is 12.0 Å². The largest absolute Gasteiger partial charge is 0.416 e. The van der Waals surface area contributed by atoms with Crippen LogP contribution in [0.4, 0.5) is 18.9 Å². The van der Waals surface area contributed by atoms with Crippen LogP contribution in [0.25, 0.3) is 0 Å². The quantitative estimate of drug-likeness (QED) is 0.624. The molecule has 1 aliphatic rings. The van der Waals surface area contributed by atoms with Crippen LogP contribution in [0.15, 0.2) is 18.2 Å². The Bertz CT molecular complexity index is 407. The van der Waals surface area contributed by atoms with E-state index in [1.807, 2.05) is 0 Å². The zero-order chi connectivity index (χ0) is 10.3. The number of halogens is 3. The Hall–Kier alpha value is -1.52. The highest BCUT2D eigenvalue weighted by atomic mass is 19.4. The Morgan fingerprint density at radius 2 is 2.00 bits per heavy atom. The topological polar surface area (TPSA) is 40.0 Å². The van der Waals surface area contributed by atoms with Gasteiger partial charge in [0.15, 0.2) is 0 Å². The van der Waals surface area contributed by atoms with Crippen molar-refractivity contribution in [2.75, 3.05) is 0 Å². The lowest BCUT2D eigenvalue weighted by molar-refractivity contribution is -0.351. The fourth-order valence-electron chi connectivity index (χ4n) is 1.45. The van der Waals surface area contributed by atoms with E-state index in [4.69, 9.17) is 5.73 Å². The van der Waals surface area contributed by atoms with Crippen molar-refractivity contribution in [3.63, 3.8) is 0 Å². The number of benzene rings is 1. The van der Waals surface area contributed by atoms with Crippen molar-refractivity contribution < 1.29 is 18.2 Å². The summed E-state index contributed by atoms with van der Waals surface area (Å²) in [6.07, 6.45) is -3.80. The zero-order valence-electron chi connectivity index (χ0n) is 7.15. The highest BCUT2D eigenvalue weighted by Crippen LogP contribution is 2.31. The minimum absolute atomic E-state index is 0.456. The lowest BCUT2D eigenvalue weighted by atomic mass is 10.1. The average molecular weight is 201 g/mol. The SMILES string of the molecule is NC1=[NH+]c2cc(C(F)(F)F)ccc2C1. The zero-order valence-corrected chi connectivity index (χ0v) is 7.15. The van der Waals surface area contributed by atoms with Crippen LogP contribution < -0.4 is 10.7 Å². The molecular formula is C9H8F3N2+. The number of hydrogen-bond donors (Lipinski definition) is 2. The second-order valence-electron chi connectivity index (χ2n) is 3.20. The van der Waals surface area contributed by atoms with Gasteiger partial charge in [0.2, 0.25) is 5.84 Å². The van der Waals surface area contributed by atoms with E-state index in [1.165, 1.54) is 6.07 Å². The van der Waals surface area contributed by atoms with Crippen LogP contribution in [-0.4, -0.2) is 5.84 Å². The van der Waals surface area contributed by atoms with Crippen LogP contribution in [-0.2, 0) is 12.6 Å². The van der Waals surface area contributed by atoms with Crippen molar-refractivity contribution in [3.8, 4) is 0 Å². The number of alkyl halides is 3. The predicted octanol–water partition coefficient (Wildman–Crippen LogP) is 0.331. The third-order valence-corrected chi connectivity index (χ3v) is 2.11. The smallest absolute Gasteiger partial charge is 0.291 e. The first kappa shape index (κ1) is 9.05. The number of nitrogens with two attached hydrogens (primary N) is 1. The Morgan fingerprint density at radius 1 is 1.29 bits per heavy atom. The molecular weight excluding hydrogens is 193 g/mol. The summed E-state index contributed by atoms with van der Waals surface area (Å²) >= 11 is 0. The summed E-state index contributed by atoms with van der Waals surface area (Å²) in [5, 5.41) is 0. The predicted molar refractivity (Wildman–Crippen MR) is 45.0 cm³/mol. The first-order valence-corrected chi connectivity index (χ1v) is 4.05. The van der Waals surface area contributed by atoms with E-state index < -0.39 is 11.7 Å². The molecule has 0 atom stereocenters. The summed E-state index contributed by atoms with van der Waals surface area (Å²) in [7, 11) is 0. The molecule has 5 heteroatoms. The molecule has 1 aromatic rings. The molecule has 0 saturated carbocycles. The molecule has 1 aliphatic heterocycles. The molecule has 0 radical (unpaired) electrons. The van der Waals surface area contributed by atoms with Gasteiger partial charge in [-0.3, -0.25) is 5.73 Å². The summed E-state index contributed by atoms with van der Waals surface area (Å²) in [6.45, 7) is 0. The normalized spacial score (nSPS) is 15.2. The van der Waals surface area contributed by atoms with Crippen LogP contribution in [0, 0.1) is 0 Å². The second-order valence-corrected chi connectivity index (χ2v) is 3.20. The Kier molecular flexibility index (Phi) is 1.77. The lowest BCUT2D eigenvalue weighted by Crippen LogP contribution is -2.66. The van der Waals surface area contributed by atoms with Gasteiger partial charge >= 0.3 is 6.18 Å². The van der Waals surface area contributed by atoms with Gasteiger partial charge in [-0.05, 0) is 12.1 Å². The molecule has 0 aromatic heterocycles. The molecule has 0 saturated heterocycles. The van der Waals surface area contributed by atoms with E-state index in [0.29, 0.717) is 17.9 Å². The number of rotatable bonds is 0. The summed E-state index contributed by atoms with van der Waals surface area (Å²) in [5.41, 5.74) is 6.07. The second kappa shape index (κ2) is 2.73. The third-order valence-electron chi connectivity index (χ3n) is 2.11. The molecule has 14 heavy (non-hydrogen) atoms. The van der Waals surface area contributed by atoms with Crippen LogP contribution in [0.3, 0.4) is 0 Å². The molecule has 1 aromatic carbocycles. The van der Waals surface area contributed by atoms with Gasteiger partial charge in [-0.25, -0.2) is 4.99 Å². The number of amidine groups is 1. The van der Waals surface area contributed by atoms with Crippen molar-refractivity contribution in [2.24, 2.45) is 5.73 Å². The maximum absolute atomic E-state index is 12.3. The summed E-state index contributed by atoms with van der Waals surface area (Å²) in [5.74, 6) is 0.485. The Labute approximate surface area is 78.3 Å². The number of nitrogens with one attached hydrogen (secondary N) is 1. The maximum atomic E-state index is 12.3. The lowest BCUT2D eigenvalue weighted by Gasteiger charge is -2.06. The van der Waals surface area contributed by atoms with Gasteiger partial charge in [-0.1, -0.05) is 6.07 Å². The highest BCUT2D eigenvalue weighted by molar-refractivity contribution is 5.82. The molecule has 0 amide bonds. The minimum Gasteiger partial charge on any atom is -0.291 e. The van der Waals surface area contributed by atoms with Gasteiger partial charge < -0.3 is 0 Å². The maximum Gasteiger partial charge on any atom is 0.416 e. The van der Waals surface area contributed by atoms with Crippen molar-refractivity contribution in [3.05, 3.63) is 29.3 Å². The van der Waals surface area contributed by atoms with Crippen LogP contribution in [0.1, 0.15) is 11.1 Å². The molecule has 3 N–H and O–H groups in total. The van der Waals surface area contributed by atoms with Crippen molar-refractivity contribution in [1.82, 2.24) is 0 Å². The molecule has 0 unspecified atom stereocenters. The van der Waals surface area contributed by atoms with Crippen LogP contribution >= 0.6 is 0 Å². The molecule has 2 nitrogen and oxygen atoms in total. The Balaban J connectivity index is 2.46. The standard InChI is InChI=1S/C9H7F3N2/c10-9(11,12)6-2-1-5-3-8(13)14-7(5)4-6/h1-2,4H,3H2,(H2,13,14)/p+1. The average Bonchev–Trinajstić information content (AvgIpc) is 2.41. The summed E-state index contributed by atoms with van der Waals surface area (Å²) < 4.78 is 36.9. The summed E-state index contributed by atoms with van der Waals surface area (Å²) in [6, 6.07) is 3.60.